The van der Waals surface area contributed by atoms with Crippen molar-refractivity contribution in [1.29, 1.82) is 0 Å². The highest BCUT2D eigenvalue weighted by Gasteiger charge is 2.35. The topological polar surface area (TPSA) is 102 Å². The van der Waals surface area contributed by atoms with Gasteiger partial charge in [-0.05, 0) is 30.7 Å². The number of rotatable bonds is 5. The van der Waals surface area contributed by atoms with Crippen LogP contribution in [0.15, 0.2) is 30.6 Å². The maximum Gasteiger partial charge on any atom is 0.290 e. The molecule has 1 aliphatic rings. The number of halogens is 1. The van der Waals surface area contributed by atoms with Crippen molar-refractivity contribution in [3.63, 3.8) is 0 Å². The number of sulfonamides is 1. The molecule has 1 N–H and O–H groups in total. The van der Waals surface area contributed by atoms with Crippen molar-refractivity contribution in [2.24, 2.45) is 5.92 Å². The van der Waals surface area contributed by atoms with Crippen molar-refractivity contribution < 1.29 is 23.1 Å². The lowest BCUT2D eigenvalue weighted by Crippen LogP contribution is -2.32. The zero-order valence-electron chi connectivity index (χ0n) is 15.9. The average molecular weight is 430 g/mol. The third-order valence-corrected chi connectivity index (χ3v) is 6.80. The number of aryl methyl sites for hydroxylation is 1. The summed E-state index contributed by atoms with van der Waals surface area (Å²) in [5.41, 5.74) is 2.01. The van der Waals surface area contributed by atoms with E-state index in [-0.39, 0.29) is 24.2 Å². The third-order valence-electron chi connectivity index (χ3n) is 4.60. The van der Waals surface area contributed by atoms with Crippen molar-refractivity contribution in [2.45, 2.75) is 13.0 Å². The molecule has 1 aromatic carbocycles. The molecule has 1 aromatic heterocycles. The number of hydrogen-bond acceptors (Lipinski definition) is 5. The Hall–Kier alpha value is -1.94. The summed E-state index contributed by atoms with van der Waals surface area (Å²) in [5, 5.41) is 7.57. The second kappa shape index (κ2) is 9.51. The Morgan fingerprint density at radius 2 is 2.07 bits per heavy atom. The molecule has 0 spiro atoms. The van der Waals surface area contributed by atoms with Gasteiger partial charge in [-0.15, -0.1) is 0 Å². The van der Waals surface area contributed by atoms with Gasteiger partial charge in [0.15, 0.2) is 0 Å². The summed E-state index contributed by atoms with van der Waals surface area (Å²) in [6.07, 6.45) is 3.62. The number of benzene rings is 1. The highest BCUT2D eigenvalue weighted by Crippen LogP contribution is 2.33. The molecule has 0 unspecified atom stereocenters. The van der Waals surface area contributed by atoms with Crippen LogP contribution in [0.1, 0.15) is 11.6 Å². The summed E-state index contributed by atoms with van der Waals surface area (Å²) in [6.45, 7) is 2.64. The second-order valence-corrected chi connectivity index (χ2v) is 9.31. The fourth-order valence-electron chi connectivity index (χ4n) is 3.14. The molecule has 2 heterocycles. The van der Waals surface area contributed by atoms with Crippen LogP contribution in [-0.4, -0.2) is 66.9 Å². The molecule has 0 saturated carbocycles. The van der Waals surface area contributed by atoms with E-state index in [1.54, 1.807) is 20.3 Å². The molecule has 0 radical (unpaired) electrons. The first-order chi connectivity index (χ1) is 13.2. The number of carboxylic acid groups (broad SMARTS) is 1. The zero-order chi connectivity index (χ0) is 20.9. The van der Waals surface area contributed by atoms with Crippen molar-refractivity contribution >= 4 is 28.1 Å². The first kappa shape index (κ1) is 22.4. The lowest BCUT2D eigenvalue weighted by atomic mass is 10.0. The van der Waals surface area contributed by atoms with Crippen LogP contribution in [0.2, 0.25) is 5.02 Å². The molecule has 3 rings (SSSR count). The average Bonchev–Trinajstić information content (AvgIpc) is 3.24. The van der Waals surface area contributed by atoms with E-state index in [9.17, 15) is 8.42 Å². The van der Waals surface area contributed by atoms with Crippen molar-refractivity contribution in [3.05, 3.63) is 41.2 Å². The quantitative estimate of drug-likeness (QED) is 0.731. The Balaban J connectivity index is 0.000000878. The van der Waals surface area contributed by atoms with Crippen LogP contribution in [0.4, 0.5) is 0 Å². The molecule has 1 aliphatic heterocycles. The van der Waals surface area contributed by atoms with E-state index in [1.165, 1.54) is 4.31 Å². The Morgan fingerprint density at radius 1 is 1.39 bits per heavy atom. The van der Waals surface area contributed by atoms with E-state index in [1.807, 2.05) is 35.9 Å². The molecular formula is C18H24ClN3O5S. The first-order valence-electron chi connectivity index (χ1n) is 8.56. The standard InChI is InChI=1S/C17H22ClN3O3S.CH2O2/c1-12-8-14(18)4-5-15(12)17-19-6-7-21(17)16-10-24-9-13(16)11-25(22,23)20(2)3;2-1-3/h4-8,13,16H,9-11H2,1-3H3;1H,(H,2,3)/t13-,16+;/m0./s1. The summed E-state index contributed by atoms with van der Waals surface area (Å²) in [6, 6.07) is 5.61. The molecule has 0 bridgehead atoms. The summed E-state index contributed by atoms with van der Waals surface area (Å²) in [7, 11) is -0.184. The number of aromatic nitrogens is 2. The number of nitrogens with zero attached hydrogens (tertiary/aromatic N) is 3. The van der Waals surface area contributed by atoms with E-state index >= 15 is 0 Å². The first-order valence-corrected chi connectivity index (χ1v) is 10.5. The van der Waals surface area contributed by atoms with Crippen molar-refractivity contribution in [1.82, 2.24) is 13.9 Å². The third kappa shape index (κ3) is 5.11. The Bertz CT molecular complexity index is 914. The van der Waals surface area contributed by atoms with Gasteiger partial charge in [-0.3, -0.25) is 4.79 Å². The van der Waals surface area contributed by atoms with E-state index in [4.69, 9.17) is 26.2 Å². The fraction of sp³-hybridized carbons (Fsp3) is 0.444. The maximum atomic E-state index is 12.3. The lowest BCUT2D eigenvalue weighted by molar-refractivity contribution is -0.122. The molecule has 28 heavy (non-hydrogen) atoms. The van der Waals surface area contributed by atoms with Gasteiger partial charge in [0.25, 0.3) is 6.47 Å². The molecule has 154 valence electrons. The molecule has 2 aromatic rings. The number of hydrogen-bond donors (Lipinski definition) is 1. The zero-order valence-corrected chi connectivity index (χ0v) is 17.5. The van der Waals surface area contributed by atoms with Gasteiger partial charge in [0.05, 0.1) is 25.0 Å². The highest BCUT2D eigenvalue weighted by molar-refractivity contribution is 7.89. The fourth-order valence-corrected chi connectivity index (χ4v) is 4.53. The van der Waals surface area contributed by atoms with Crippen molar-refractivity contribution in [3.8, 4) is 11.4 Å². The van der Waals surface area contributed by atoms with Crippen LogP contribution in [-0.2, 0) is 19.6 Å². The van der Waals surface area contributed by atoms with E-state index in [2.05, 4.69) is 4.98 Å². The minimum atomic E-state index is -3.29. The summed E-state index contributed by atoms with van der Waals surface area (Å²) in [5.74, 6) is 0.742. The number of ether oxygens (including phenoxy) is 1. The molecule has 10 heteroatoms. The smallest absolute Gasteiger partial charge is 0.290 e. The van der Waals surface area contributed by atoms with Crippen LogP contribution in [0.25, 0.3) is 11.4 Å². The van der Waals surface area contributed by atoms with Gasteiger partial charge in [-0.1, -0.05) is 11.6 Å². The maximum absolute atomic E-state index is 12.3. The minimum absolute atomic E-state index is 0.0574. The molecule has 1 saturated heterocycles. The van der Waals surface area contributed by atoms with Crippen molar-refractivity contribution in [2.75, 3.05) is 33.1 Å². The predicted octanol–water partition coefficient (Wildman–Crippen LogP) is 2.29. The largest absolute Gasteiger partial charge is 0.483 e. The normalized spacial score (nSPS) is 19.3. The van der Waals surface area contributed by atoms with Crippen LogP contribution >= 0.6 is 11.6 Å². The molecule has 2 atom stereocenters. The summed E-state index contributed by atoms with van der Waals surface area (Å²) in [4.78, 5) is 12.9. The Morgan fingerprint density at radius 3 is 2.68 bits per heavy atom. The van der Waals surface area contributed by atoms with Gasteiger partial charge >= 0.3 is 0 Å². The van der Waals surface area contributed by atoms with Crippen LogP contribution in [0.3, 0.4) is 0 Å². The molecular weight excluding hydrogens is 406 g/mol. The SMILES string of the molecule is Cc1cc(Cl)ccc1-c1nccn1[C@@H]1COC[C@H]1CS(=O)(=O)N(C)C.O=CO. The van der Waals surface area contributed by atoms with Crippen LogP contribution in [0.5, 0.6) is 0 Å². The van der Waals surface area contributed by atoms with Gasteiger partial charge in [-0.2, -0.15) is 0 Å². The monoisotopic (exact) mass is 429 g/mol. The van der Waals surface area contributed by atoms with Gasteiger partial charge in [0.1, 0.15) is 5.82 Å². The van der Waals surface area contributed by atoms with E-state index in [0.717, 1.165) is 17.0 Å². The summed E-state index contributed by atoms with van der Waals surface area (Å²) < 4.78 is 33.5. The molecule has 8 nitrogen and oxygen atoms in total. The number of imidazole rings is 1. The van der Waals surface area contributed by atoms with Gasteiger partial charge in [0, 0.05) is 43.0 Å². The van der Waals surface area contributed by atoms with Gasteiger partial charge in [0.2, 0.25) is 10.0 Å². The van der Waals surface area contributed by atoms with Gasteiger partial charge < -0.3 is 14.4 Å². The second-order valence-electron chi connectivity index (χ2n) is 6.65. The van der Waals surface area contributed by atoms with E-state index < -0.39 is 10.0 Å². The van der Waals surface area contributed by atoms with Gasteiger partial charge in [-0.25, -0.2) is 17.7 Å². The van der Waals surface area contributed by atoms with Crippen LogP contribution < -0.4 is 0 Å². The molecule has 0 amide bonds. The Labute approximate surface area is 169 Å². The minimum Gasteiger partial charge on any atom is -0.483 e. The van der Waals surface area contributed by atoms with E-state index in [0.29, 0.717) is 18.2 Å². The summed E-state index contributed by atoms with van der Waals surface area (Å²) >= 11 is 6.05. The van der Waals surface area contributed by atoms with Crippen LogP contribution in [0, 0.1) is 12.8 Å². The number of carbonyl (C=O) groups is 1. The lowest BCUT2D eigenvalue weighted by Gasteiger charge is -2.23. The highest BCUT2D eigenvalue weighted by atomic mass is 35.5. The predicted molar refractivity (Wildman–Crippen MR) is 107 cm³/mol. The molecule has 0 aliphatic carbocycles. The molecule has 1 fully saturated rings. The Kier molecular flexibility index (Phi) is 7.59.